The molecule has 5 rings (SSSR count). The molecular weight excluding hydrogens is 312 g/mol. The third-order valence-electron chi connectivity index (χ3n) is 5.46. The molecule has 2 aromatic heterocycles. The Hall–Kier alpha value is -2.88. The van der Waals surface area contributed by atoms with Crippen molar-refractivity contribution in [3.8, 4) is 0 Å². The summed E-state index contributed by atoms with van der Waals surface area (Å²) in [7, 11) is 2.09. The minimum Gasteiger partial charge on any atom is -0.452 e. The number of nitrogens with zero attached hydrogens (tertiary/aromatic N) is 2. The first kappa shape index (κ1) is 14.5. The first-order valence-electron chi connectivity index (χ1n) is 8.52. The van der Waals surface area contributed by atoms with E-state index in [4.69, 9.17) is 8.83 Å². The zero-order valence-electron chi connectivity index (χ0n) is 14.8. The van der Waals surface area contributed by atoms with E-state index in [9.17, 15) is 0 Å². The highest BCUT2D eigenvalue weighted by molar-refractivity contribution is 6.13. The average Bonchev–Trinajstić information content (AvgIpc) is 3.19. The van der Waals surface area contributed by atoms with Gasteiger partial charge in [-0.05, 0) is 44.5 Å². The summed E-state index contributed by atoms with van der Waals surface area (Å²) in [5, 5.41) is 2.05. The highest BCUT2D eigenvalue weighted by Gasteiger charge is 2.34. The average molecular weight is 332 g/mol. The molecule has 0 unspecified atom stereocenters. The molecule has 0 saturated heterocycles. The van der Waals surface area contributed by atoms with E-state index in [2.05, 4.69) is 62.2 Å². The Morgan fingerprint density at radius 1 is 0.880 bits per heavy atom. The normalized spacial score (nSPS) is 16.8. The van der Waals surface area contributed by atoms with Crippen LogP contribution in [0.4, 0.5) is 5.69 Å². The Balaban J connectivity index is 1.77. The molecule has 1 aliphatic heterocycles. The lowest BCUT2D eigenvalue weighted by molar-refractivity contribution is 0.253. The molecule has 3 heterocycles. The summed E-state index contributed by atoms with van der Waals surface area (Å²) in [6.07, 6.45) is 4.22. The highest BCUT2D eigenvalue weighted by atomic mass is 16.4. The summed E-state index contributed by atoms with van der Waals surface area (Å²) < 4.78 is 12.3. The Kier molecular flexibility index (Phi) is 2.66. The summed E-state index contributed by atoms with van der Waals surface area (Å²) in [5.41, 5.74) is 5.62. The predicted molar refractivity (Wildman–Crippen MR) is 102 cm³/mol. The molecule has 0 amide bonds. The molecule has 0 saturated carbocycles. The van der Waals surface area contributed by atoms with Crippen molar-refractivity contribution in [2.75, 3.05) is 11.9 Å². The molecule has 126 valence electrons. The quantitative estimate of drug-likeness (QED) is 0.454. The van der Waals surface area contributed by atoms with Crippen molar-refractivity contribution >= 4 is 38.8 Å². The molecule has 0 atom stereocenters. The van der Waals surface area contributed by atoms with Crippen molar-refractivity contribution in [2.45, 2.75) is 26.4 Å². The van der Waals surface area contributed by atoms with E-state index in [1.807, 2.05) is 24.3 Å². The molecule has 0 N–H and O–H groups in total. The maximum atomic E-state index is 6.20. The van der Waals surface area contributed by atoms with E-state index in [1.165, 1.54) is 5.56 Å². The van der Waals surface area contributed by atoms with Crippen molar-refractivity contribution in [3.05, 3.63) is 54.4 Å². The molecule has 0 aliphatic carbocycles. The second kappa shape index (κ2) is 4.60. The van der Waals surface area contributed by atoms with Gasteiger partial charge in [-0.25, -0.2) is 0 Å². The van der Waals surface area contributed by atoms with Gasteiger partial charge in [0.2, 0.25) is 0 Å². The van der Waals surface area contributed by atoms with Gasteiger partial charge >= 0.3 is 0 Å². The molecule has 25 heavy (non-hydrogen) atoms. The standard InChI is InChI=1S/C21H20N2O2/c1-13-11-15-18(12-16(13)23-10-9-22(4)21(23,2)3)25-19-14-7-5-6-8-17(14)24-20(15)19/h5-12H,1-4H3. The summed E-state index contributed by atoms with van der Waals surface area (Å²) in [5.74, 6) is 0. The lowest BCUT2D eigenvalue weighted by Crippen LogP contribution is -2.46. The smallest absolute Gasteiger partial charge is 0.181 e. The molecule has 4 nitrogen and oxygen atoms in total. The van der Waals surface area contributed by atoms with Crippen LogP contribution in [0.15, 0.2) is 57.6 Å². The minimum absolute atomic E-state index is 0.114. The van der Waals surface area contributed by atoms with Gasteiger partial charge < -0.3 is 18.6 Å². The predicted octanol–water partition coefficient (Wildman–Crippen LogP) is 5.60. The lowest BCUT2D eigenvalue weighted by atomic mass is 10.1. The Labute approximate surface area is 145 Å². The van der Waals surface area contributed by atoms with Gasteiger partial charge in [-0.1, -0.05) is 12.1 Å². The van der Waals surface area contributed by atoms with Crippen molar-refractivity contribution in [3.63, 3.8) is 0 Å². The molecule has 2 aromatic carbocycles. The summed E-state index contributed by atoms with van der Waals surface area (Å²) in [6, 6.07) is 12.3. The fourth-order valence-electron chi connectivity index (χ4n) is 3.69. The van der Waals surface area contributed by atoms with Crippen LogP contribution in [-0.4, -0.2) is 17.6 Å². The molecule has 4 heteroatoms. The zero-order valence-corrected chi connectivity index (χ0v) is 14.8. The van der Waals surface area contributed by atoms with Crippen LogP contribution in [0.25, 0.3) is 33.1 Å². The van der Waals surface area contributed by atoms with Gasteiger partial charge in [-0.15, -0.1) is 0 Å². The number of hydrogen-bond donors (Lipinski definition) is 0. The van der Waals surface area contributed by atoms with Crippen LogP contribution in [0, 0.1) is 6.92 Å². The molecular formula is C21H20N2O2. The van der Waals surface area contributed by atoms with Gasteiger partial charge in [0.25, 0.3) is 0 Å². The lowest BCUT2D eigenvalue weighted by Gasteiger charge is -2.39. The fourth-order valence-corrected chi connectivity index (χ4v) is 3.69. The van der Waals surface area contributed by atoms with E-state index in [0.29, 0.717) is 0 Å². The van der Waals surface area contributed by atoms with E-state index in [1.54, 1.807) is 0 Å². The van der Waals surface area contributed by atoms with E-state index < -0.39 is 0 Å². The van der Waals surface area contributed by atoms with Crippen LogP contribution in [0.2, 0.25) is 0 Å². The molecule has 0 fully saturated rings. The summed E-state index contributed by atoms with van der Waals surface area (Å²) in [6.45, 7) is 6.55. The van der Waals surface area contributed by atoms with Gasteiger partial charge in [0, 0.05) is 31.2 Å². The van der Waals surface area contributed by atoms with Crippen molar-refractivity contribution < 1.29 is 8.83 Å². The van der Waals surface area contributed by atoms with Gasteiger partial charge in [-0.3, -0.25) is 0 Å². The largest absolute Gasteiger partial charge is 0.452 e. The molecule has 0 radical (unpaired) electrons. The number of aryl methyl sites for hydroxylation is 1. The van der Waals surface area contributed by atoms with Crippen molar-refractivity contribution in [2.24, 2.45) is 0 Å². The Morgan fingerprint density at radius 3 is 2.36 bits per heavy atom. The SMILES string of the molecule is Cc1cc2c(cc1N1C=CN(C)C1(C)C)oc1c3ccccc3oc21. The topological polar surface area (TPSA) is 32.8 Å². The summed E-state index contributed by atoms with van der Waals surface area (Å²) >= 11 is 0. The molecule has 0 bridgehead atoms. The third kappa shape index (κ3) is 1.82. The highest BCUT2D eigenvalue weighted by Crippen LogP contribution is 2.41. The monoisotopic (exact) mass is 332 g/mol. The van der Waals surface area contributed by atoms with E-state index in [-0.39, 0.29) is 5.66 Å². The number of benzene rings is 2. The van der Waals surface area contributed by atoms with Crippen molar-refractivity contribution in [1.82, 2.24) is 4.90 Å². The minimum atomic E-state index is -0.114. The number of anilines is 1. The van der Waals surface area contributed by atoms with Crippen LogP contribution in [0.3, 0.4) is 0 Å². The number of para-hydroxylation sites is 1. The van der Waals surface area contributed by atoms with Crippen LogP contribution in [0.1, 0.15) is 19.4 Å². The van der Waals surface area contributed by atoms with Crippen LogP contribution < -0.4 is 4.90 Å². The van der Waals surface area contributed by atoms with E-state index in [0.717, 1.165) is 38.8 Å². The number of fused-ring (bicyclic) bond motifs is 5. The molecule has 4 aromatic rings. The molecule has 1 aliphatic rings. The van der Waals surface area contributed by atoms with Crippen LogP contribution in [0.5, 0.6) is 0 Å². The van der Waals surface area contributed by atoms with Gasteiger partial charge in [-0.2, -0.15) is 0 Å². The first-order valence-corrected chi connectivity index (χ1v) is 8.52. The van der Waals surface area contributed by atoms with Crippen LogP contribution in [-0.2, 0) is 0 Å². The third-order valence-corrected chi connectivity index (χ3v) is 5.46. The number of rotatable bonds is 1. The van der Waals surface area contributed by atoms with Gasteiger partial charge in [0.1, 0.15) is 16.8 Å². The maximum absolute atomic E-state index is 6.20. The summed E-state index contributed by atoms with van der Waals surface area (Å²) in [4.78, 5) is 4.49. The van der Waals surface area contributed by atoms with E-state index >= 15 is 0 Å². The first-order chi connectivity index (χ1) is 12.0. The Bertz CT molecular complexity index is 1160. The fraction of sp³-hybridized carbons (Fsp3) is 0.238. The molecule has 0 spiro atoms. The maximum Gasteiger partial charge on any atom is 0.181 e. The second-order valence-electron chi connectivity index (χ2n) is 7.27. The number of hydrogen-bond acceptors (Lipinski definition) is 4. The van der Waals surface area contributed by atoms with Gasteiger partial charge in [0.05, 0.1) is 10.8 Å². The zero-order chi connectivity index (χ0) is 17.3. The van der Waals surface area contributed by atoms with Crippen LogP contribution >= 0.6 is 0 Å². The van der Waals surface area contributed by atoms with Crippen molar-refractivity contribution in [1.29, 1.82) is 0 Å². The number of furan rings is 2. The Morgan fingerprint density at radius 2 is 1.60 bits per heavy atom. The second-order valence-corrected chi connectivity index (χ2v) is 7.27. The van der Waals surface area contributed by atoms with Gasteiger partial charge in [0.15, 0.2) is 11.2 Å².